The summed E-state index contributed by atoms with van der Waals surface area (Å²) in [6.45, 7) is 6.58. The van der Waals surface area contributed by atoms with E-state index in [1.165, 1.54) is 0 Å². The maximum atomic E-state index is 11.9. The molecule has 0 aromatic heterocycles. The van der Waals surface area contributed by atoms with Crippen LogP contribution in [0.25, 0.3) is 0 Å². The van der Waals surface area contributed by atoms with Gasteiger partial charge in [-0.25, -0.2) is 0 Å². The minimum atomic E-state index is -0.344. The molecule has 0 saturated carbocycles. The molecule has 2 N–H and O–H groups in total. The Bertz CT molecular complexity index is 274. The average molecular weight is 226 g/mol. The van der Waals surface area contributed by atoms with Crippen molar-refractivity contribution in [2.75, 3.05) is 6.54 Å². The molecule has 0 radical (unpaired) electrons. The Labute approximate surface area is 97.2 Å². The fourth-order valence-electron chi connectivity index (χ4n) is 1.64. The van der Waals surface area contributed by atoms with Crippen LogP contribution < -0.4 is 10.6 Å². The zero-order valence-electron chi connectivity index (χ0n) is 10.4. The van der Waals surface area contributed by atoms with E-state index in [9.17, 15) is 9.59 Å². The molecule has 1 aliphatic rings. The van der Waals surface area contributed by atoms with Crippen LogP contribution in [0.4, 0.5) is 0 Å². The van der Waals surface area contributed by atoms with Gasteiger partial charge in [0.1, 0.15) is 0 Å². The first kappa shape index (κ1) is 13.0. The molecule has 1 saturated heterocycles. The third-order valence-electron chi connectivity index (χ3n) is 3.32. The summed E-state index contributed by atoms with van der Waals surface area (Å²) in [4.78, 5) is 23.3. The highest BCUT2D eigenvalue weighted by molar-refractivity contribution is 5.83. The van der Waals surface area contributed by atoms with Gasteiger partial charge < -0.3 is 10.6 Å². The number of carbonyl (C=O) groups excluding carboxylic acids is 2. The van der Waals surface area contributed by atoms with Crippen molar-refractivity contribution in [2.45, 2.75) is 52.5 Å². The van der Waals surface area contributed by atoms with Crippen molar-refractivity contribution in [3.63, 3.8) is 0 Å². The summed E-state index contributed by atoms with van der Waals surface area (Å²) >= 11 is 0. The number of hydrogen-bond donors (Lipinski definition) is 2. The zero-order valence-corrected chi connectivity index (χ0v) is 10.4. The second-order valence-corrected chi connectivity index (χ2v) is 5.10. The van der Waals surface area contributed by atoms with Crippen molar-refractivity contribution < 1.29 is 9.59 Å². The molecule has 1 rings (SSSR count). The third kappa shape index (κ3) is 3.51. The van der Waals surface area contributed by atoms with Gasteiger partial charge in [-0.1, -0.05) is 20.8 Å². The van der Waals surface area contributed by atoms with Gasteiger partial charge in [0, 0.05) is 24.4 Å². The minimum Gasteiger partial charge on any atom is -0.356 e. The fourth-order valence-corrected chi connectivity index (χ4v) is 1.64. The molecule has 0 aromatic carbocycles. The molecule has 16 heavy (non-hydrogen) atoms. The van der Waals surface area contributed by atoms with Crippen LogP contribution in [0.5, 0.6) is 0 Å². The van der Waals surface area contributed by atoms with Gasteiger partial charge in [-0.05, 0) is 19.3 Å². The molecule has 0 bridgehead atoms. The van der Waals surface area contributed by atoms with E-state index >= 15 is 0 Å². The Morgan fingerprint density at radius 3 is 2.88 bits per heavy atom. The lowest BCUT2D eigenvalue weighted by Crippen LogP contribution is -2.43. The van der Waals surface area contributed by atoms with Crippen LogP contribution in [0, 0.1) is 5.41 Å². The highest BCUT2D eigenvalue weighted by atomic mass is 16.2. The quantitative estimate of drug-likeness (QED) is 0.760. The van der Waals surface area contributed by atoms with E-state index in [4.69, 9.17) is 0 Å². The Morgan fingerprint density at radius 2 is 2.25 bits per heavy atom. The normalized spacial score (nSPS) is 22.2. The van der Waals surface area contributed by atoms with Gasteiger partial charge in [0.2, 0.25) is 11.8 Å². The molecule has 0 aliphatic carbocycles. The van der Waals surface area contributed by atoms with E-state index in [1.807, 2.05) is 20.8 Å². The SMILES string of the molecule is CCC(C)(C)C(=O)N[C@H]1CCCNC(=O)C1. The average Bonchev–Trinajstić information content (AvgIpc) is 2.42. The van der Waals surface area contributed by atoms with Crippen molar-refractivity contribution in [1.29, 1.82) is 0 Å². The highest BCUT2D eigenvalue weighted by Gasteiger charge is 2.28. The predicted octanol–water partition coefficient (Wildman–Crippen LogP) is 1.21. The van der Waals surface area contributed by atoms with E-state index < -0.39 is 0 Å². The summed E-state index contributed by atoms with van der Waals surface area (Å²) in [7, 11) is 0. The molecule has 4 heteroatoms. The van der Waals surface area contributed by atoms with Gasteiger partial charge in [-0.15, -0.1) is 0 Å². The predicted molar refractivity (Wildman–Crippen MR) is 62.9 cm³/mol. The van der Waals surface area contributed by atoms with E-state index in [-0.39, 0.29) is 23.3 Å². The van der Waals surface area contributed by atoms with Crippen LogP contribution in [0.2, 0.25) is 0 Å². The lowest BCUT2D eigenvalue weighted by molar-refractivity contribution is -0.130. The van der Waals surface area contributed by atoms with Crippen molar-refractivity contribution in [3.8, 4) is 0 Å². The van der Waals surface area contributed by atoms with Gasteiger partial charge in [0.15, 0.2) is 0 Å². The lowest BCUT2D eigenvalue weighted by atomic mass is 9.88. The summed E-state index contributed by atoms with van der Waals surface area (Å²) in [5, 5.41) is 5.79. The molecular weight excluding hydrogens is 204 g/mol. The molecule has 1 heterocycles. The van der Waals surface area contributed by atoms with Crippen LogP contribution >= 0.6 is 0 Å². The fraction of sp³-hybridized carbons (Fsp3) is 0.833. The number of rotatable bonds is 3. The summed E-state index contributed by atoms with van der Waals surface area (Å²) in [6, 6.07) is 0.000764. The maximum Gasteiger partial charge on any atom is 0.225 e. The largest absolute Gasteiger partial charge is 0.356 e. The smallest absolute Gasteiger partial charge is 0.225 e. The van der Waals surface area contributed by atoms with E-state index in [1.54, 1.807) is 0 Å². The first-order valence-corrected chi connectivity index (χ1v) is 6.03. The lowest BCUT2D eigenvalue weighted by Gasteiger charge is -2.25. The highest BCUT2D eigenvalue weighted by Crippen LogP contribution is 2.20. The topological polar surface area (TPSA) is 58.2 Å². The van der Waals surface area contributed by atoms with Crippen molar-refractivity contribution in [3.05, 3.63) is 0 Å². The van der Waals surface area contributed by atoms with E-state index in [0.29, 0.717) is 6.42 Å². The summed E-state index contributed by atoms with van der Waals surface area (Å²) in [6.07, 6.45) is 3.02. The Balaban J connectivity index is 2.52. The standard InChI is InChI=1S/C12H22N2O2/c1-4-12(2,3)11(16)14-9-6-5-7-13-10(15)8-9/h9H,4-8H2,1-3H3,(H,13,15)(H,14,16)/t9-/m0/s1. The van der Waals surface area contributed by atoms with Gasteiger partial charge in [-0.2, -0.15) is 0 Å². The first-order valence-electron chi connectivity index (χ1n) is 6.03. The number of nitrogens with one attached hydrogen (secondary N) is 2. The number of hydrogen-bond acceptors (Lipinski definition) is 2. The van der Waals surface area contributed by atoms with Gasteiger partial charge in [0.05, 0.1) is 0 Å². The molecule has 0 unspecified atom stereocenters. The summed E-state index contributed by atoms with van der Waals surface area (Å²) < 4.78 is 0. The Hall–Kier alpha value is -1.06. The third-order valence-corrected chi connectivity index (χ3v) is 3.32. The Morgan fingerprint density at radius 1 is 1.56 bits per heavy atom. The van der Waals surface area contributed by atoms with Crippen molar-refractivity contribution >= 4 is 11.8 Å². The molecule has 1 atom stereocenters. The molecule has 0 spiro atoms. The molecule has 0 aromatic rings. The summed E-state index contributed by atoms with van der Waals surface area (Å²) in [5.74, 6) is 0.0896. The summed E-state index contributed by atoms with van der Waals surface area (Å²) in [5.41, 5.74) is -0.344. The van der Waals surface area contributed by atoms with E-state index in [2.05, 4.69) is 10.6 Å². The second-order valence-electron chi connectivity index (χ2n) is 5.10. The zero-order chi connectivity index (χ0) is 12.2. The number of carbonyl (C=O) groups is 2. The molecule has 1 fully saturated rings. The van der Waals surface area contributed by atoms with Crippen LogP contribution in [0.3, 0.4) is 0 Å². The van der Waals surface area contributed by atoms with Crippen LogP contribution in [-0.2, 0) is 9.59 Å². The van der Waals surface area contributed by atoms with Gasteiger partial charge >= 0.3 is 0 Å². The van der Waals surface area contributed by atoms with Gasteiger partial charge in [0.25, 0.3) is 0 Å². The minimum absolute atomic E-state index is 0.000764. The Kier molecular flexibility index (Phi) is 4.33. The monoisotopic (exact) mass is 226 g/mol. The van der Waals surface area contributed by atoms with Crippen LogP contribution in [-0.4, -0.2) is 24.4 Å². The van der Waals surface area contributed by atoms with Crippen LogP contribution in [0.1, 0.15) is 46.5 Å². The molecule has 2 amide bonds. The van der Waals surface area contributed by atoms with E-state index in [0.717, 1.165) is 25.8 Å². The molecular formula is C12H22N2O2. The first-order chi connectivity index (χ1) is 7.45. The van der Waals surface area contributed by atoms with Crippen molar-refractivity contribution in [1.82, 2.24) is 10.6 Å². The molecule has 4 nitrogen and oxygen atoms in total. The van der Waals surface area contributed by atoms with Gasteiger partial charge in [-0.3, -0.25) is 9.59 Å². The number of amides is 2. The second kappa shape index (κ2) is 5.32. The van der Waals surface area contributed by atoms with Crippen molar-refractivity contribution in [2.24, 2.45) is 5.41 Å². The van der Waals surface area contributed by atoms with Crippen LogP contribution in [0.15, 0.2) is 0 Å². The molecule has 1 aliphatic heterocycles. The molecule has 92 valence electrons. The maximum absolute atomic E-state index is 11.9.